The maximum atomic E-state index is 13.0. The molecule has 0 aromatic heterocycles. The molecule has 2 aromatic carbocycles. The second kappa shape index (κ2) is 7.33. The highest BCUT2D eigenvalue weighted by atomic mass is 32.2. The number of benzene rings is 2. The number of carbonyl (C=O) groups is 1. The molecule has 1 saturated carbocycles. The Labute approximate surface area is 151 Å². The molecule has 6 nitrogen and oxygen atoms in total. The topological polar surface area (TPSA) is 84.5 Å². The number of amides is 1. The molecule has 1 fully saturated rings. The van der Waals surface area contributed by atoms with Crippen LogP contribution in [0.15, 0.2) is 47.4 Å². The van der Waals surface area contributed by atoms with Gasteiger partial charge in [-0.25, -0.2) is 12.8 Å². The fourth-order valence-corrected chi connectivity index (χ4v) is 3.66. The van der Waals surface area contributed by atoms with Crippen LogP contribution in [0.3, 0.4) is 0 Å². The van der Waals surface area contributed by atoms with E-state index >= 15 is 0 Å². The molecule has 1 aliphatic carbocycles. The quantitative estimate of drug-likeness (QED) is 0.807. The van der Waals surface area contributed by atoms with E-state index in [-0.39, 0.29) is 22.4 Å². The molecule has 2 N–H and O–H groups in total. The Morgan fingerprint density at radius 1 is 1.15 bits per heavy atom. The molecule has 0 aliphatic heterocycles. The van der Waals surface area contributed by atoms with Gasteiger partial charge < -0.3 is 10.1 Å². The second-order valence-electron chi connectivity index (χ2n) is 6.09. The Kier molecular flexibility index (Phi) is 5.13. The molecule has 0 atom stereocenters. The highest BCUT2D eigenvalue weighted by Gasteiger charge is 2.25. The fourth-order valence-electron chi connectivity index (χ4n) is 2.60. The standard InChI is InChI=1S/C18H19FN2O4S/c1-25-17-10-7-14(20-18(22)12-3-2-4-12)11-16(17)21-26(23,24)15-8-5-13(19)6-9-15/h5-12,21H,2-4H2,1H3,(H,20,22). The first-order chi connectivity index (χ1) is 12.4. The minimum Gasteiger partial charge on any atom is -0.495 e. The van der Waals surface area contributed by atoms with Gasteiger partial charge in [-0.2, -0.15) is 0 Å². The molecule has 0 radical (unpaired) electrons. The number of hydrogen-bond donors (Lipinski definition) is 2. The van der Waals surface area contributed by atoms with Crippen molar-refractivity contribution in [3.63, 3.8) is 0 Å². The number of sulfonamides is 1. The molecule has 2 aromatic rings. The van der Waals surface area contributed by atoms with Crippen LogP contribution >= 0.6 is 0 Å². The molecule has 26 heavy (non-hydrogen) atoms. The van der Waals surface area contributed by atoms with Crippen molar-refractivity contribution >= 4 is 27.3 Å². The second-order valence-corrected chi connectivity index (χ2v) is 7.77. The first-order valence-electron chi connectivity index (χ1n) is 8.16. The molecule has 0 heterocycles. The van der Waals surface area contributed by atoms with Crippen LogP contribution in [0.2, 0.25) is 0 Å². The highest BCUT2D eigenvalue weighted by Crippen LogP contribution is 2.32. The van der Waals surface area contributed by atoms with E-state index in [0.29, 0.717) is 11.4 Å². The van der Waals surface area contributed by atoms with Crippen molar-refractivity contribution < 1.29 is 22.3 Å². The zero-order chi connectivity index (χ0) is 18.7. The Hall–Kier alpha value is -2.61. The number of halogens is 1. The summed E-state index contributed by atoms with van der Waals surface area (Å²) in [5, 5.41) is 2.79. The summed E-state index contributed by atoms with van der Waals surface area (Å²) >= 11 is 0. The Balaban J connectivity index is 1.84. The molecule has 138 valence electrons. The molecule has 0 bridgehead atoms. The number of methoxy groups -OCH3 is 1. The molecular weight excluding hydrogens is 359 g/mol. The van der Waals surface area contributed by atoms with Crippen molar-refractivity contribution in [2.24, 2.45) is 5.92 Å². The van der Waals surface area contributed by atoms with E-state index < -0.39 is 15.8 Å². The van der Waals surface area contributed by atoms with E-state index in [4.69, 9.17) is 4.74 Å². The van der Waals surface area contributed by atoms with Crippen molar-refractivity contribution in [2.75, 3.05) is 17.1 Å². The predicted molar refractivity (Wildman–Crippen MR) is 96.2 cm³/mol. The van der Waals surface area contributed by atoms with Gasteiger partial charge in [0.05, 0.1) is 17.7 Å². The van der Waals surface area contributed by atoms with Crippen LogP contribution in [0.25, 0.3) is 0 Å². The van der Waals surface area contributed by atoms with Gasteiger partial charge in [-0.1, -0.05) is 6.42 Å². The predicted octanol–water partition coefficient (Wildman–Crippen LogP) is 3.37. The third kappa shape index (κ3) is 3.96. The molecule has 3 rings (SSSR count). The molecule has 0 saturated heterocycles. The molecule has 0 unspecified atom stereocenters. The number of anilines is 2. The minimum absolute atomic E-state index is 0.0106. The number of carbonyl (C=O) groups excluding carboxylic acids is 1. The van der Waals surface area contributed by atoms with E-state index in [1.54, 1.807) is 12.1 Å². The third-order valence-corrected chi connectivity index (χ3v) is 5.69. The zero-order valence-corrected chi connectivity index (χ0v) is 15.0. The van der Waals surface area contributed by atoms with Gasteiger partial charge in [0.25, 0.3) is 10.0 Å². The van der Waals surface area contributed by atoms with Crippen molar-refractivity contribution in [2.45, 2.75) is 24.2 Å². The van der Waals surface area contributed by atoms with E-state index in [0.717, 1.165) is 31.4 Å². The SMILES string of the molecule is COc1ccc(NC(=O)C2CCC2)cc1NS(=O)(=O)c1ccc(F)cc1. The van der Waals surface area contributed by atoms with Gasteiger partial charge in [0.15, 0.2) is 0 Å². The van der Waals surface area contributed by atoms with Crippen LogP contribution in [0.1, 0.15) is 19.3 Å². The van der Waals surface area contributed by atoms with Gasteiger partial charge in [-0.15, -0.1) is 0 Å². The number of nitrogens with one attached hydrogen (secondary N) is 2. The van der Waals surface area contributed by atoms with Crippen molar-refractivity contribution in [1.29, 1.82) is 0 Å². The van der Waals surface area contributed by atoms with Crippen LogP contribution in [-0.2, 0) is 14.8 Å². The summed E-state index contributed by atoms with van der Waals surface area (Å²) in [5.41, 5.74) is 0.655. The smallest absolute Gasteiger partial charge is 0.262 e. The largest absolute Gasteiger partial charge is 0.495 e. The Morgan fingerprint density at radius 2 is 1.85 bits per heavy atom. The van der Waals surface area contributed by atoms with E-state index in [1.165, 1.54) is 25.3 Å². The van der Waals surface area contributed by atoms with Gasteiger partial charge >= 0.3 is 0 Å². The summed E-state index contributed by atoms with van der Waals surface area (Å²) in [6.45, 7) is 0. The number of hydrogen-bond acceptors (Lipinski definition) is 4. The average molecular weight is 378 g/mol. The van der Waals surface area contributed by atoms with Gasteiger partial charge in [0.2, 0.25) is 5.91 Å². The molecule has 0 spiro atoms. The van der Waals surface area contributed by atoms with Crippen molar-refractivity contribution in [1.82, 2.24) is 0 Å². The maximum absolute atomic E-state index is 13.0. The monoisotopic (exact) mass is 378 g/mol. The Morgan fingerprint density at radius 3 is 2.42 bits per heavy atom. The van der Waals surface area contributed by atoms with Crippen LogP contribution in [-0.4, -0.2) is 21.4 Å². The average Bonchev–Trinajstić information content (AvgIpc) is 2.53. The minimum atomic E-state index is -3.93. The van der Waals surface area contributed by atoms with Crippen molar-refractivity contribution in [3.8, 4) is 5.75 Å². The highest BCUT2D eigenvalue weighted by molar-refractivity contribution is 7.92. The maximum Gasteiger partial charge on any atom is 0.262 e. The van der Waals surface area contributed by atoms with Crippen molar-refractivity contribution in [3.05, 3.63) is 48.3 Å². The first-order valence-corrected chi connectivity index (χ1v) is 9.64. The molecular formula is C18H19FN2O4S. The van der Waals surface area contributed by atoms with Gasteiger partial charge in [-0.05, 0) is 55.3 Å². The lowest BCUT2D eigenvalue weighted by Gasteiger charge is -2.24. The number of rotatable bonds is 6. The Bertz CT molecular complexity index is 909. The summed E-state index contributed by atoms with van der Waals surface area (Å²) in [6.07, 6.45) is 2.78. The molecule has 8 heteroatoms. The lowest BCUT2D eigenvalue weighted by atomic mass is 9.85. The van der Waals surface area contributed by atoms with Crippen LogP contribution in [0.4, 0.5) is 15.8 Å². The lowest BCUT2D eigenvalue weighted by molar-refractivity contribution is -0.122. The van der Waals surface area contributed by atoms with Crippen LogP contribution < -0.4 is 14.8 Å². The third-order valence-electron chi connectivity index (χ3n) is 4.31. The number of ether oxygens (including phenoxy) is 1. The van der Waals surface area contributed by atoms with Gasteiger partial charge in [0.1, 0.15) is 11.6 Å². The normalized spacial score (nSPS) is 14.4. The summed E-state index contributed by atoms with van der Waals surface area (Å²) in [5.74, 6) is -0.287. The summed E-state index contributed by atoms with van der Waals surface area (Å²) < 4.78 is 45.6. The summed E-state index contributed by atoms with van der Waals surface area (Å²) in [6, 6.07) is 9.20. The van der Waals surface area contributed by atoms with Crippen LogP contribution in [0, 0.1) is 11.7 Å². The van der Waals surface area contributed by atoms with E-state index in [2.05, 4.69) is 10.0 Å². The van der Waals surface area contributed by atoms with Gasteiger partial charge in [0, 0.05) is 11.6 Å². The molecule has 1 amide bonds. The first kappa shape index (κ1) is 18.2. The van der Waals surface area contributed by atoms with Crippen LogP contribution in [0.5, 0.6) is 5.75 Å². The van der Waals surface area contributed by atoms with E-state index in [1.807, 2.05) is 0 Å². The van der Waals surface area contributed by atoms with E-state index in [9.17, 15) is 17.6 Å². The molecule has 1 aliphatic rings. The lowest BCUT2D eigenvalue weighted by Crippen LogP contribution is -2.28. The fraction of sp³-hybridized carbons (Fsp3) is 0.278. The zero-order valence-electron chi connectivity index (χ0n) is 14.2. The summed E-state index contributed by atoms with van der Waals surface area (Å²) in [4.78, 5) is 12.0. The summed E-state index contributed by atoms with van der Waals surface area (Å²) in [7, 11) is -2.51. The van der Waals surface area contributed by atoms with Gasteiger partial charge in [-0.3, -0.25) is 9.52 Å².